The van der Waals surface area contributed by atoms with Crippen LogP contribution >= 0.6 is 0 Å². The fourth-order valence-corrected chi connectivity index (χ4v) is 2.50. The van der Waals surface area contributed by atoms with Crippen LogP contribution in [0.15, 0.2) is 0 Å². The van der Waals surface area contributed by atoms with Gasteiger partial charge in [-0.15, -0.1) is 0 Å². The normalized spacial score (nSPS) is 31.2. The van der Waals surface area contributed by atoms with Crippen molar-refractivity contribution < 1.29 is 14.7 Å². The average Bonchev–Trinajstić information content (AvgIpc) is 2.97. The van der Waals surface area contributed by atoms with E-state index in [-0.39, 0.29) is 17.9 Å². The number of likely N-dealkylation sites (tertiary alicyclic amines) is 1. The van der Waals surface area contributed by atoms with Crippen molar-refractivity contribution in [3.05, 3.63) is 0 Å². The number of carbonyl (C=O) groups is 2. The lowest BCUT2D eigenvalue weighted by Crippen LogP contribution is -2.51. The molecule has 3 unspecified atom stereocenters. The Labute approximate surface area is 101 Å². The number of hydrogen-bond donors (Lipinski definition) is 2. The summed E-state index contributed by atoms with van der Waals surface area (Å²) in [4.78, 5) is 24.9. The summed E-state index contributed by atoms with van der Waals surface area (Å²) in [6, 6.07) is -0.537. The molecule has 2 rings (SSSR count). The second kappa shape index (κ2) is 4.64. The maximum Gasteiger partial charge on any atom is 0.321 e. The molecule has 96 valence electrons. The van der Waals surface area contributed by atoms with E-state index in [9.17, 15) is 14.7 Å². The van der Waals surface area contributed by atoms with Gasteiger partial charge in [0, 0.05) is 12.6 Å². The highest BCUT2D eigenvalue weighted by molar-refractivity contribution is 5.83. The van der Waals surface area contributed by atoms with Gasteiger partial charge in [0.1, 0.15) is 6.04 Å². The first kappa shape index (κ1) is 12.4. The molecule has 0 radical (unpaired) electrons. The fraction of sp³-hybridized carbons (Fsp3) is 0.833. The van der Waals surface area contributed by atoms with Gasteiger partial charge in [-0.05, 0) is 32.1 Å². The van der Waals surface area contributed by atoms with E-state index in [1.54, 1.807) is 6.92 Å². The minimum Gasteiger partial charge on any atom is -0.480 e. The van der Waals surface area contributed by atoms with E-state index in [0.717, 1.165) is 19.3 Å². The topological polar surface area (TPSA) is 69.6 Å². The second-order valence-corrected chi connectivity index (χ2v) is 5.25. The monoisotopic (exact) mass is 240 g/mol. The van der Waals surface area contributed by atoms with Crippen molar-refractivity contribution in [2.75, 3.05) is 6.54 Å². The summed E-state index contributed by atoms with van der Waals surface area (Å²) in [6.07, 6.45) is 2.95. The molecule has 1 heterocycles. The molecule has 1 amide bonds. The molecular formula is C12H20N2O3. The van der Waals surface area contributed by atoms with Gasteiger partial charge in [-0.3, -0.25) is 14.5 Å². The molecule has 0 aromatic rings. The third-order valence-electron chi connectivity index (χ3n) is 3.79. The molecule has 2 N–H and O–H groups in total. The smallest absolute Gasteiger partial charge is 0.321 e. The lowest BCUT2D eigenvalue weighted by molar-refractivity contribution is -0.145. The van der Waals surface area contributed by atoms with Gasteiger partial charge in [0.2, 0.25) is 5.91 Å². The summed E-state index contributed by atoms with van der Waals surface area (Å²) in [5, 5.41) is 12.1. The van der Waals surface area contributed by atoms with Crippen LogP contribution in [0, 0.1) is 5.92 Å². The van der Waals surface area contributed by atoms with Gasteiger partial charge < -0.3 is 10.4 Å². The van der Waals surface area contributed by atoms with Crippen LogP contribution < -0.4 is 5.32 Å². The minimum atomic E-state index is -0.818. The van der Waals surface area contributed by atoms with E-state index < -0.39 is 12.0 Å². The second-order valence-electron chi connectivity index (χ2n) is 5.25. The molecule has 5 nitrogen and oxygen atoms in total. The van der Waals surface area contributed by atoms with Gasteiger partial charge in [-0.2, -0.15) is 0 Å². The number of nitrogens with zero attached hydrogens (tertiary/aromatic N) is 1. The molecule has 3 atom stereocenters. The van der Waals surface area contributed by atoms with Crippen molar-refractivity contribution in [3.8, 4) is 0 Å². The average molecular weight is 240 g/mol. The number of amides is 1. The van der Waals surface area contributed by atoms with Crippen LogP contribution in [-0.2, 0) is 9.59 Å². The van der Waals surface area contributed by atoms with Crippen molar-refractivity contribution in [1.29, 1.82) is 0 Å². The molecule has 1 aliphatic carbocycles. The standard InChI is InChI=1S/C12H20N2O3/c1-7-5-6-14(10(7)12(16)17)8(2)11(15)13-9-3-4-9/h7-10H,3-6H2,1-2H3,(H,13,15)(H,16,17). The van der Waals surface area contributed by atoms with Gasteiger partial charge in [0.15, 0.2) is 0 Å². The van der Waals surface area contributed by atoms with Gasteiger partial charge in [-0.1, -0.05) is 6.92 Å². The van der Waals surface area contributed by atoms with Crippen LogP contribution in [0.1, 0.15) is 33.1 Å². The van der Waals surface area contributed by atoms with E-state index in [1.807, 2.05) is 11.8 Å². The van der Waals surface area contributed by atoms with Crippen molar-refractivity contribution in [1.82, 2.24) is 10.2 Å². The number of rotatable bonds is 4. The lowest BCUT2D eigenvalue weighted by atomic mass is 10.0. The first-order valence-corrected chi connectivity index (χ1v) is 6.29. The molecular weight excluding hydrogens is 220 g/mol. The van der Waals surface area contributed by atoms with Crippen LogP contribution in [0.3, 0.4) is 0 Å². The Bertz CT molecular complexity index is 328. The van der Waals surface area contributed by atoms with Crippen LogP contribution in [0.4, 0.5) is 0 Å². The van der Waals surface area contributed by atoms with Crippen LogP contribution in [0.2, 0.25) is 0 Å². The van der Waals surface area contributed by atoms with Gasteiger partial charge in [-0.25, -0.2) is 0 Å². The minimum absolute atomic E-state index is 0.0344. The summed E-state index contributed by atoms with van der Waals surface area (Å²) in [6.45, 7) is 4.42. The lowest BCUT2D eigenvalue weighted by Gasteiger charge is -2.28. The predicted octanol–water partition coefficient (Wildman–Crippen LogP) is 0.449. The Morgan fingerprint density at radius 1 is 1.35 bits per heavy atom. The van der Waals surface area contributed by atoms with E-state index in [0.29, 0.717) is 12.6 Å². The number of carboxylic acids is 1. The van der Waals surface area contributed by atoms with Gasteiger partial charge in [0.25, 0.3) is 0 Å². The van der Waals surface area contributed by atoms with Crippen LogP contribution in [0.5, 0.6) is 0 Å². The van der Waals surface area contributed by atoms with Crippen LogP contribution in [-0.4, -0.2) is 46.6 Å². The Kier molecular flexibility index (Phi) is 3.38. The molecule has 0 bridgehead atoms. The largest absolute Gasteiger partial charge is 0.480 e. The first-order chi connectivity index (χ1) is 8.00. The number of nitrogens with one attached hydrogen (secondary N) is 1. The molecule has 1 saturated carbocycles. The SMILES string of the molecule is CC1CCN(C(C)C(=O)NC2CC2)C1C(=O)O. The highest BCUT2D eigenvalue weighted by atomic mass is 16.4. The first-order valence-electron chi connectivity index (χ1n) is 6.29. The van der Waals surface area contributed by atoms with Crippen molar-refractivity contribution >= 4 is 11.9 Å². The molecule has 2 aliphatic rings. The Balaban J connectivity index is 1.99. The zero-order chi connectivity index (χ0) is 12.6. The van der Waals surface area contributed by atoms with Crippen LogP contribution in [0.25, 0.3) is 0 Å². The Morgan fingerprint density at radius 3 is 2.53 bits per heavy atom. The van der Waals surface area contributed by atoms with E-state index >= 15 is 0 Å². The zero-order valence-electron chi connectivity index (χ0n) is 10.3. The predicted molar refractivity (Wildman–Crippen MR) is 62.5 cm³/mol. The van der Waals surface area contributed by atoms with E-state index in [2.05, 4.69) is 5.32 Å². The molecule has 0 spiro atoms. The van der Waals surface area contributed by atoms with Gasteiger partial charge in [0.05, 0.1) is 6.04 Å². The zero-order valence-corrected chi connectivity index (χ0v) is 10.3. The summed E-state index contributed by atoms with van der Waals surface area (Å²) in [5.41, 5.74) is 0. The fourth-order valence-electron chi connectivity index (χ4n) is 2.50. The van der Waals surface area contributed by atoms with Crippen molar-refractivity contribution in [2.45, 2.75) is 51.2 Å². The van der Waals surface area contributed by atoms with Crippen molar-refractivity contribution in [2.24, 2.45) is 5.92 Å². The molecule has 1 saturated heterocycles. The summed E-state index contributed by atoms with van der Waals surface area (Å²) in [7, 11) is 0. The van der Waals surface area contributed by atoms with E-state index in [1.165, 1.54) is 0 Å². The highest BCUT2D eigenvalue weighted by Crippen LogP contribution is 2.27. The number of aliphatic carboxylic acids is 1. The molecule has 1 aliphatic heterocycles. The summed E-state index contributed by atoms with van der Waals surface area (Å²) < 4.78 is 0. The maximum absolute atomic E-state index is 11.9. The third kappa shape index (κ3) is 2.60. The number of carbonyl (C=O) groups excluding carboxylic acids is 1. The molecule has 17 heavy (non-hydrogen) atoms. The molecule has 0 aromatic heterocycles. The number of carboxylic acid groups (broad SMARTS) is 1. The Hall–Kier alpha value is -1.10. The van der Waals surface area contributed by atoms with Crippen molar-refractivity contribution in [3.63, 3.8) is 0 Å². The maximum atomic E-state index is 11.9. The quantitative estimate of drug-likeness (QED) is 0.748. The van der Waals surface area contributed by atoms with Gasteiger partial charge >= 0.3 is 5.97 Å². The number of hydrogen-bond acceptors (Lipinski definition) is 3. The van der Waals surface area contributed by atoms with E-state index in [4.69, 9.17) is 0 Å². The molecule has 5 heteroatoms. The molecule has 2 fully saturated rings. The Morgan fingerprint density at radius 2 is 2.00 bits per heavy atom. The summed E-state index contributed by atoms with van der Waals surface area (Å²) in [5.74, 6) is -0.738. The molecule has 0 aromatic carbocycles. The highest BCUT2D eigenvalue weighted by Gasteiger charge is 2.41. The summed E-state index contributed by atoms with van der Waals surface area (Å²) >= 11 is 0. The third-order valence-corrected chi connectivity index (χ3v) is 3.79.